The fourth-order valence-electron chi connectivity index (χ4n) is 1.81. The van der Waals surface area contributed by atoms with Crippen LogP contribution in [0.2, 0.25) is 0 Å². The van der Waals surface area contributed by atoms with Gasteiger partial charge in [-0.05, 0) is 45.6 Å². The second-order valence-electron chi connectivity index (χ2n) is 6.64. The van der Waals surface area contributed by atoms with Gasteiger partial charge in [0.05, 0.1) is 26.4 Å². The van der Waals surface area contributed by atoms with Crippen molar-refractivity contribution in [3.63, 3.8) is 0 Å². The van der Waals surface area contributed by atoms with Gasteiger partial charge in [0.2, 0.25) is 0 Å². The Labute approximate surface area is 125 Å². The average Bonchev–Trinajstić information content (AvgIpc) is 2.34. The lowest BCUT2D eigenvalue weighted by Gasteiger charge is -2.27. The smallest absolute Gasteiger partial charge is 0.0701 e. The van der Waals surface area contributed by atoms with Gasteiger partial charge < -0.3 is 19.5 Å². The molecular weight excluding hydrogens is 254 g/mol. The van der Waals surface area contributed by atoms with Crippen molar-refractivity contribution in [1.29, 1.82) is 0 Å². The van der Waals surface area contributed by atoms with Gasteiger partial charge in [-0.3, -0.25) is 0 Å². The molecule has 1 N–H and O–H groups in total. The number of methoxy groups -OCH3 is 1. The SMILES string of the molecule is COCCOCCOCCC(CNC(C)(C)C)C(C)C. The maximum atomic E-state index is 5.63. The molecule has 0 aliphatic carbocycles. The van der Waals surface area contributed by atoms with Crippen molar-refractivity contribution in [2.45, 2.75) is 46.6 Å². The zero-order valence-corrected chi connectivity index (χ0v) is 14.3. The van der Waals surface area contributed by atoms with E-state index in [1.807, 2.05) is 0 Å². The number of nitrogens with one attached hydrogen (secondary N) is 1. The fraction of sp³-hybridized carbons (Fsp3) is 1.00. The van der Waals surface area contributed by atoms with Crippen LogP contribution in [0.5, 0.6) is 0 Å². The standard InChI is InChI=1S/C16H35NO3/c1-14(2)15(13-17-16(3,4)5)7-8-19-11-12-20-10-9-18-6/h14-15,17H,7-13H2,1-6H3. The van der Waals surface area contributed by atoms with Crippen molar-refractivity contribution in [3.8, 4) is 0 Å². The second-order valence-corrected chi connectivity index (χ2v) is 6.64. The molecule has 0 aliphatic rings. The van der Waals surface area contributed by atoms with Gasteiger partial charge in [-0.2, -0.15) is 0 Å². The van der Waals surface area contributed by atoms with E-state index in [9.17, 15) is 0 Å². The zero-order chi connectivity index (χ0) is 15.4. The molecule has 4 nitrogen and oxygen atoms in total. The van der Waals surface area contributed by atoms with E-state index < -0.39 is 0 Å². The highest BCUT2D eigenvalue weighted by molar-refractivity contribution is 4.74. The Kier molecular flexibility index (Phi) is 11.4. The van der Waals surface area contributed by atoms with Crippen molar-refractivity contribution < 1.29 is 14.2 Å². The summed E-state index contributed by atoms with van der Waals surface area (Å²) in [4.78, 5) is 0. The first-order valence-electron chi connectivity index (χ1n) is 7.76. The topological polar surface area (TPSA) is 39.7 Å². The van der Waals surface area contributed by atoms with E-state index in [1.54, 1.807) is 7.11 Å². The first-order chi connectivity index (χ1) is 9.37. The third kappa shape index (κ3) is 12.9. The lowest BCUT2D eigenvalue weighted by Crippen LogP contribution is -2.40. The molecule has 0 fully saturated rings. The number of hydrogen-bond donors (Lipinski definition) is 1. The van der Waals surface area contributed by atoms with Crippen LogP contribution in [0.1, 0.15) is 41.0 Å². The Morgan fingerprint density at radius 2 is 1.45 bits per heavy atom. The van der Waals surface area contributed by atoms with Crippen LogP contribution in [0.3, 0.4) is 0 Å². The number of ether oxygens (including phenoxy) is 3. The van der Waals surface area contributed by atoms with Gasteiger partial charge in [-0.15, -0.1) is 0 Å². The number of rotatable bonds is 12. The molecule has 0 radical (unpaired) electrons. The van der Waals surface area contributed by atoms with E-state index in [0.717, 1.165) is 19.6 Å². The predicted octanol–water partition coefficient (Wildman–Crippen LogP) is 2.72. The van der Waals surface area contributed by atoms with Gasteiger partial charge >= 0.3 is 0 Å². The summed E-state index contributed by atoms with van der Waals surface area (Å²) < 4.78 is 15.9. The fourth-order valence-corrected chi connectivity index (χ4v) is 1.81. The highest BCUT2D eigenvalue weighted by atomic mass is 16.5. The second kappa shape index (κ2) is 11.5. The average molecular weight is 289 g/mol. The van der Waals surface area contributed by atoms with Gasteiger partial charge in [0.15, 0.2) is 0 Å². The van der Waals surface area contributed by atoms with Crippen LogP contribution in [0.15, 0.2) is 0 Å². The summed E-state index contributed by atoms with van der Waals surface area (Å²) in [6, 6.07) is 0. The van der Waals surface area contributed by atoms with Gasteiger partial charge in [0.1, 0.15) is 0 Å². The van der Waals surface area contributed by atoms with E-state index in [0.29, 0.717) is 38.3 Å². The molecule has 0 bridgehead atoms. The van der Waals surface area contributed by atoms with E-state index in [4.69, 9.17) is 14.2 Å². The molecule has 0 rings (SSSR count). The Morgan fingerprint density at radius 1 is 0.900 bits per heavy atom. The first-order valence-corrected chi connectivity index (χ1v) is 7.76. The van der Waals surface area contributed by atoms with Crippen LogP contribution < -0.4 is 5.32 Å². The van der Waals surface area contributed by atoms with Gasteiger partial charge in [0, 0.05) is 19.3 Å². The molecule has 0 aromatic carbocycles. The maximum absolute atomic E-state index is 5.63. The zero-order valence-electron chi connectivity index (χ0n) is 14.3. The minimum absolute atomic E-state index is 0.184. The quantitative estimate of drug-likeness (QED) is 0.561. The molecule has 1 unspecified atom stereocenters. The molecule has 0 aliphatic heterocycles. The normalized spacial score (nSPS) is 13.9. The molecule has 20 heavy (non-hydrogen) atoms. The van der Waals surface area contributed by atoms with Crippen LogP contribution in [-0.4, -0.2) is 52.2 Å². The highest BCUT2D eigenvalue weighted by Crippen LogP contribution is 2.15. The lowest BCUT2D eigenvalue weighted by atomic mass is 9.92. The predicted molar refractivity (Wildman–Crippen MR) is 84.2 cm³/mol. The van der Waals surface area contributed by atoms with Crippen molar-refractivity contribution >= 4 is 0 Å². The van der Waals surface area contributed by atoms with Crippen LogP contribution in [0.4, 0.5) is 0 Å². The molecule has 1 atom stereocenters. The molecule has 0 heterocycles. The molecule has 0 aromatic rings. The van der Waals surface area contributed by atoms with Crippen molar-refractivity contribution in [2.24, 2.45) is 11.8 Å². The monoisotopic (exact) mass is 289 g/mol. The first kappa shape index (κ1) is 19.8. The Balaban J connectivity index is 3.61. The summed E-state index contributed by atoms with van der Waals surface area (Å²) >= 11 is 0. The largest absolute Gasteiger partial charge is 0.382 e. The summed E-state index contributed by atoms with van der Waals surface area (Å²) in [5.41, 5.74) is 0.184. The minimum Gasteiger partial charge on any atom is -0.382 e. The van der Waals surface area contributed by atoms with Crippen LogP contribution >= 0.6 is 0 Å². The maximum Gasteiger partial charge on any atom is 0.0701 e. The van der Waals surface area contributed by atoms with E-state index in [-0.39, 0.29) is 5.54 Å². The lowest BCUT2D eigenvalue weighted by molar-refractivity contribution is 0.0205. The molecule has 4 heteroatoms. The molecule has 0 amide bonds. The van der Waals surface area contributed by atoms with Gasteiger partial charge in [-0.25, -0.2) is 0 Å². The van der Waals surface area contributed by atoms with Crippen LogP contribution in [0.25, 0.3) is 0 Å². The molecule has 0 aromatic heterocycles. The van der Waals surface area contributed by atoms with Gasteiger partial charge in [-0.1, -0.05) is 13.8 Å². The summed E-state index contributed by atoms with van der Waals surface area (Å²) in [6.07, 6.45) is 1.10. The van der Waals surface area contributed by atoms with Gasteiger partial charge in [0.25, 0.3) is 0 Å². The Hall–Kier alpha value is -0.160. The van der Waals surface area contributed by atoms with E-state index in [1.165, 1.54) is 0 Å². The molecule has 0 saturated carbocycles. The van der Waals surface area contributed by atoms with Crippen LogP contribution in [-0.2, 0) is 14.2 Å². The molecule has 122 valence electrons. The summed E-state index contributed by atoms with van der Waals surface area (Å²) in [7, 11) is 1.68. The number of hydrogen-bond acceptors (Lipinski definition) is 4. The summed E-state index contributed by atoms with van der Waals surface area (Å²) in [6.45, 7) is 15.6. The highest BCUT2D eigenvalue weighted by Gasteiger charge is 2.16. The third-order valence-corrected chi connectivity index (χ3v) is 3.27. The van der Waals surface area contributed by atoms with Crippen molar-refractivity contribution in [1.82, 2.24) is 5.32 Å². The molecule has 0 spiro atoms. The Morgan fingerprint density at radius 3 is 1.95 bits per heavy atom. The molecule has 0 saturated heterocycles. The summed E-state index contributed by atoms with van der Waals surface area (Å²) in [5.74, 6) is 1.33. The molecular formula is C16H35NO3. The minimum atomic E-state index is 0.184. The third-order valence-electron chi connectivity index (χ3n) is 3.27. The van der Waals surface area contributed by atoms with Crippen molar-refractivity contribution in [2.75, 3.05) is 46.7 Å². The Bertz CT molecular complexity index is 214. The van der Waals surface area contributed by atoms with Crippen molar-refractivity contribution in [3.05, 3.63) is 0 Å². The van der Waals surface area contributed by atoms with E-state index >= 15 is 0 Å². The van der Waals surface area contributed by atoms with Crippen LogP contribution in [0, 0.1) is 11.8 Å². The summed E-state index contributed by atoms with van der Waals surface area (Å²) in [5, 5.41) is 3.58. The van der Waals surface area contributed by atoms with E-state index in [2.05, 4.69) is 39.9 Å².